The molecule has 0 fully saturated rings. The van der Waals surface area contributed by atoms with Gasteiger partial charge in [-0.1, -0.05) is 43.3 Å². The monoisotopic (exact) mass is 475 g/mol. The van der Waals surface area contributed by atoms with Crippen molar-refractivity contribution in [1.29, 1.82) is 0 Å². The zero-order valence-corrected chi connectivity index (χ0v) is 19.7. The van der Waals surface area contributed by atoms with Crippen LogP contribution in [0.25, 0.3) is 21.3 Å². The molecule has 4 rings (SSSR count). The number of carbonyl (C=O) groups is 2. The van der Waals surface area contributed by atoms with Crippen LogP contribution in [0.5, 0.6) is 0 Å². The van der Waals surface area contributed by atoms with Crippen molar-refractivity contribution in [1.82, 2.24) is 9.97 Å². The van der Waals surface area contributed by atoms with Gasteiger partial charge in [0.25, 0.3) is 0 Å². The Kier molecular flexibility index (Phi) is 7.18. The average Bonchev–Trinajstić information content (AvgIpc) is 3.28. The highest BCUT2D eigenvalue weighted by Gasteiger charge is 2.33. The number of aliphatic carboxylic acids is 1. The van der Waals surface area contributed by atoms with E-state index in [0.29, 0.717) is 23.5 Å². The molecular formula is C26H25N3O4S. The zero-order chi connectivity index (χ0) is 24.1. The van der Waals surface area contributed by atoms with E-state index < -0.39 is 17.9 Å². The Morgan fingerprint density at radius 2 is 1.91 bits per heavy atom. The number of rotatable bonds is 9. The molecule has 0 amide bonds. The first-order valence-electron chi connectivity index (χ1n) is 11.0. The Hall–Kier alpha value is -3.78. The van der Waals surface area contributed by atoms with Gasteiger partial charge in [-0.25, -0.2) is 4.98 Å². The van der Waals surface area contributed by atoms with E-state index >= 15 is 0 Å². The van der Waals surface area contributed by atoms with Crippen LogP contribution in [0, 0.1) is 0 Å². The maximum atomic E-state index is 12.7. The molecule has 0 aliphatic heterocycles. The molecule has 2 N–H and O–H groups in total. The number of hydrogen-bond donors (Lipinski definition) is 2. The summed E-state index contributed by atoms with van der Waals surface area (Å²) in [5.41, 5.74) is 3.66. The van der Waals surface area contributed by atoms with Crippen molar-refractivity contribution in [2.75, 3.05) is 5.32 Å². The number of esters is 1. The largest absolute Gasteiger partial charge is 0.480 e. The highest BCUT2D eigenvalue weighted by atomic mass is 32.1. The first-order chi connectivity index (χ1) is 16.5. The van der Waals surface area contributed by atoms with E-state index in [0.717, 1.165) is 22.2 Å². The molecule has 0 saturated heterocycles. The smallest absolute Gasteiger partial charge is 0.326 e. The summed E-state index contributed by atoms with van der Waals surface area (Å²) in [4.78, 5) is 34.4. The molecule has 0 aliphatic rings. The number of fused-ring (bicyclic) bond motifs is 1. The Morgan fingerprint density at radius 1 is 1.15 bits per heavy atom. The summed E-state index contributed by atoms with van der Waals surface area (Å²) >= 11 is 1.41. The SMILES string of the molecule is CCC(C)OC(=O)C(C(=O)O)c1cc(NCc2ccccn2)c2c(-c3ccccc3)csc2n1. The third-order valence-corrected chi connectivity index (χ3v) is 6.38. The molecule has 7 nitrogen and oxygen atoms in total. The van der Waals surface area contributed by atoms with Crippen molar-refractivity contribution in [2.45, 2.75) is 38.8 Å². The predicted octanol–water partition coefficient (Wildman–Crippen LogP) is 5.48. The van der Waals surface area contributed by atoms with Crippen LogP contribution in [-0.2, 0) is 20.9 Å². The van der Waals surface area contributed by atoms with Gasteiger partial charge in [0.15, 0.2) is 5.92 Å². The molecule has 2 unspecified atom stereocenters. The normalized spacial score (nSPS) is 12.8. The Morgan fingerprint density at radius 3 is 2.59 bits per heavy atom. The fourth-order valence-electron chi connectivity index (χ4n) is 3.56. The molecule has 8 heteroatoms. The zero-order valence-electron chi connectivity index (χ0n) is 18.9. The number of thiophene rings is 1. The molecule has 0 saturated carbocycles. The van der Waals surface area contributed by atoms with E-state index in [1.807, 2.05) is 60.8 Å². The fourth-order valence-corrected chi connectivity index (χ4v) is 4.54. The lowest BCUT2D eigenvalue weighted by Crippen LogP contribution is -2.27. The molecule has 1 aromatic carbocycles. The van der Waals surface area contributed by atoms with Crippen molar-refractivity contribution in [3.05, 3.63) is 77.6 Å². The Labute approximate surface area is 201 Å². The van der Waals surface area contributed by atoms with Gasteiger partial charge in [-0.3, -0.25) is 14.6 Å². The number of nitrogens with zero attached hydrogens (tertiary/aromatic N) is 2. The van der Waals surface area contributed by atoms with Gasteiger partial charge >= 0.3 is 11.9 Å². The maximum absolute atomic E-state index is 12.7. The van der Waals surface area contributed by atoms with Gasteiger partial charge in [0, 0.05) is 28.2 Å². The third kappa shape index (κ3) is 5.07. The fraction of sp³-hybridized carbons (Fsp3) is 0.231. The first kappa shape index (κ1) is 23.4. The van der Waals surface area contributed by atoms with Crippen molar-refractivity contribution in [2.24, 2.45) is 0 Å². The summed E-state index contributed by atoms with van der Waals surface area (Å²) in [7, 11) is 0. The minimum absolute atomic E-state index is 0.137. The van der Waals surface area contributed by atoms with E-state index in [2.05, 4.69) is 15.3 Å². The molecule has 4 aromatic rings. The van der Waals surface area contributed by atoms with Gasteiger partial charge in [0.1, 0.15) is 4.83 Å². The van der Waals surface area contributed by atoms with Gasteiger partial charge in [0.2, 0.25) is 0 Å². The molecule has 0 radical (unpaired) electrons. The molecular weight excluding hydrogens is 450 g/mol. The molecule has 0 bridgehead atoms. The van der Waals surface area contributed by atoms with Gasteiger partial charge in [-0.2, -0.15) is 0 Å². The van der Waals surface area contributed by atoms with Crippen molar-refractivity contribution < 1.29 is 19.4 Å². The van der Waals surface area contributed by atoms with Crippen LogP contribution in [0.4, 0.5) is 5.69 Å². The van der Waals surface area contributed by atoms with Crippen LogP contribution in [0.3, 0.4) is 0 Å². The highest BCUT2D eigenvalue weighted by molar-refractivity contribution is 7.17. The average molecular weight is 476 g/mol. The van der Waals surface area contributed by atoms with Gasteiger partial charge in [-0.05, 0) is 37.1 Å². The summed E-state index contributed by atoms with van der Waals surface area (Å²) in [5, 5.41) is 16.1. The van der Waals surface area contributed by atoms with Gasteiger partial charge < -0.3 is 15.2 Å². The summed E-state index contributed by atoms with van der Waals surface area (Å²) in [6.07, 6.45) is 1.93. The first-order valence-corrected chi connectivity index (χ1v) is 11.9. The molecule has 0 spiro atoms. The van der Waals surface area contributed by atoms with Crippen LogP contribution in [0.2, 0.25) is 0 Å². The maximum Gasteiger partial charge on any atom is 0.326 e. The lowest BCUT2D eigenvalue weighted by Gasteiger charge is -2.17. The van der Waals surface area contributed by atoms with Crippen molar-refractivity contribution in [3.63, 3.8) is 0 Å². The molecule has 0 aliphatic carbocycles. The Balaban J connectivity index is 1.81. The highest BCUT2D eigenvalue weighted by Crippen LogP contribution is 2.39. The number of anilines is 1. The second-order valence-electron chi connectivity index (χ2n) is 7.89. The van der Waals surface area contributed by atoms with Crippen LogP contribution in [0.15, 0.2) is 66.2 Å². The van der Waals surface area contributed by atoms with Crippen LogP contribution in [-0.4, -0.2) is 33.1 Å². The third-order valence-electron chi connectivity index (χ3n) is 5.51. The van der Waals surface area contributed by atoms with Crippen LogP contribution in [0.1, 0.15) is 37.6 Å². The predicted molar refractivity (Wildman–Crippen MR) is 133 cm³/mol. The number of carbonyl (C=O) groups excluding carboxylic acids is 1. The summed E-state index contributed by atoms with van der Waals surface area (Å²) in [5.74, 6) is -3.63. The number of aromatic nitrogens is 2. The van der Waals surface area contributed by atoms with E-state index in [1.54, 1.807) is 19.2 Å². The molecule has 2 atom stereocenters. The second kappa shape index (κ2) is 10.4. The number of pyridine rings is 2. The van der Waals surface area contributed by atoms with Gasteiger partial charge in [0.05, 0.1) is 24.0 Å². The molecule has 3 aromatic heterocycles. The molecule has 174 valence electrons. The standard InChI is InChI=1S/C26H25N3O4S/c1-3-16(2)33-26(32)23(25(30)31)21-13-20(28-14-18-11-7-8-12-27-18)22-19(15-34-24(22)29-21)17-9-5-4-6-10-17/h4-13,15-16,23H,3,14H2,1-2H3,(H,28,29)(H,30,31). The lowest BCUT2D eigenvalue weighted by molar-refractivity contribution is -0.157. The summed E-state index contributed by atoms with van der Waals surface area (Å²) in [6, 6.07) is 17.2. The van der Waals surface area contributed by atoms with E-state index in [1.165, 1.54) is 11.3 Å². The van der Waals surface area contributed by atoms with Crippen molar-refractivity contribution >= 4 is 39.2 Å². The lowest BCUT2D eigenvalue weighted by atomic mass is 10.0. The Bertz CT molecular complexity index is 1290. The van der Waals surface area contributed by atoms with E-state index in [4.69, 9.17) is 4.74 Å². The number of nitrogens with one attached hydrogen (secondary N) is 1. The van der Waals surface area contributed by atoms with E-state index in [-0.39, 0.29) is 11.8 Å². The topological polar surface area (TPSA) is 101 Å². The van der Waals surface area contributed by atoms with Gasteiger partial charge in [-0.15, -0.1) is 11.3 Å². The van der Waals surface area contributed by atoms with Crippen molar-refractivity contribution in [3.8, 4) is 11.1 Å². The van der Waals surface area contributed by atoms with Crippen LogP contribution >= 0.6 is 11.3 Å². The van der Waals surface area contributed by atoms with E-state index in [9.17, 15) is 14.7 Å². The number of benzene rings is 1. The number of carboxylic acid groups (broad SMARTS) is 1. The molecule has 34 heavy (non-hydrogen) atoms. The summed E-state index contributed by atoms with van der Waals surface area (Å²) < 4.78 is 5.35. The molecule has 3 heterocycles. The number of hydrogen-bond acceptors (Lipinski definition) is 7. The number of ether oxygens (including phenoxy) is 1. The van der Waals surface area contributed by atoms with Crippen LogP contribution < -0.4 is 5.32 Å². The minimum atomic E-state index is -1.52. The number of carboxylic acids is 1. The quantitative estimate of drug-likeness (QED) is 0.244. The second-order valence-corrected chi connectivity index (χ2v) is 8.75. The summed E-state index contributed by atoms with van der Waals surface area (Å²) in [6.45, 7) is 4.03. The minimum Gasteiger partial charge on any atom is -0.480 e.